The van der Waals surface area contributed by atoms with Crippen molar-refractivity contribution in [3.8, 4) is 0 Å². The molecule has 0 amide bonds. The fourth-order valence-electron chi connectivity index (χ4n) is 3.39. The van der Waals surface area contributed by atoms with E-state index in [2.05, 4.69) is 0 Å². The summed E-state index contributed by atoms with van der Waals surface area (Å²) in [5.41, 5.74) is 0.552. The topological polar surface area (TPSA) is 51.2 Å². The Morgan fingerprint density at radius 2 is 1.35 bits per heavy atom. The van der Waals surface area contributed by atoms with Crippen molar-refractivity contribution in [2.45, 2.75) is 36.0 Å². The van der Waals surface area contributed by atoms with Crippen LogP contribution < -0.4 is 0 Å². The van der Waals surface area contributed by atoms with Crippen molar-refractivity contribution in [2.24, 2.45) is 0 Å². The van der Waals surface area contributed by atoms with E-state index in [-0.39, 0.29) is 11.5 Å². The third-order valence-corrected chi connectivity index (χ3v) is 6.64. The predicted octanol–water partition coefficient (Wildman–Crippen LogP) is 3.54. The van der Waals surface area contributed by atoms with Gasteiger partial charge < -0.3 is 0 Å². The van der Waals surface area contributed by atoms with Crippen LogP contribution in [-0.4, -0.2) is 20.0 Å². The zero-order chi connectivity index (χ0) is 16.3. The van der Waals surface area contributed by atoms with E-state index in [0.29, 0.717) is 30.6 Å². The first-order valence-electron chi connectivity index (χ1n) is 7.87. The lowest BCUT2D eigenvalue weighted by atomic mass is 9.70. The summed E-state index contributed by atoms with van der Waals surface area (Å²) in [6.45, 7) is 0. The normalized spacial score (nSPS) is 17.8. The van der Waals surface area contributed by atoms with Crippen LogP contribution in [0.4, 0.5) is 0 Å². The van der Waals surface area contributed by atoms with Crippen LogP contribution in [-0.2, 0) is 20.0 Å². The molecule has 23 heavy (non-hydrogen) atoms. The summed E-state index contributed by atoms with van der Waals surface area (Å²) in [5, 5.41) is 0. The Hall–Kier alpha value is -1.94. The van der Waals surface area contributed by atoms with Gasteiger partial charge in [-0.3, -0.25) is 4.79 Å². The van der Waals surface area contributed by atoms with Gasteiger partial charge in [0.05, 0.1) is 10.6 Å². The van der Waals surface area contributed by atoms with Crippen LogP contribution in [0.1, 0.15) is 31.2 Å². The van der Waals surface area contributed by atoms with Crippen LogP contribution in [0, 0.1) is 0 Å². The summed E-state index contributed by atoms with van der Waals surface area (Å²) in [6.07, 6.45) is 2.11. The highest BCUT2D eigenvalue weighted by Gasteiger charge is 2.40. The number of benzene rings is 2. The predicted molar refractivity (Wildman–Crippen MR) is 90.1 cm³/mol. The van der Waals surface area contributed by atoms with Gasteiger partial charge in [-0.15, -0.1) is 0 Å². The summed E-state index contributed by atoms with van der Waals surface area (Å²) < 4.78 is 25.8. The molecular weight excluding hydrogens is 308 g/mol. The number of carbonyl (C=O) groups is 1. The third-order valence-electron chi connectivity index (χ3n) is 4.72. The molecule has 0 aromatic heterocycles. The first-order chi connectivity index (χ1) is 11.0. The largest absolute Gasteiger partial charge is 0.300 e. The van der Waals surface area contributed by atoms with Crippen molar-refractivity contribution >= 4 is 15.6 Å². The molecule has 0 unspecified atom stereocenters. The number of hydrogen-bond donors (Lipinski definition) is 0. The van der Waals surface area contributed by atoms with E-state index >= 15 is 0 Å². The van der Waals surface area contributed by atoms with E-state index in [1.165, 1.54) is 0 Å². The molecule has 1 fully saturated rings. The van der Waals surface area contributed by atoms with Crippen LogP contribution >= 0.6 is 0 Å². The molecule has 0 aliphatic heterocycles. The molecular formula is C19H20O3S. The average Bonchev–Trinajstić information content (AvgIpc) is 2.59. The van der Waals surface area contributed by atoms with Gasteiger partial charge in [0.25, 0.3) is 0 Å². The van der Waals surface area contributed by atoms with E-state index in [1.54, 1.807) is 24.3 Å². The van der Waals surface area contributed by atoms with E-state index < -0.39 is 15.3 Å². The second-order valence-corrected chi connectivity index (χ2v) is 8.25. The maximum absolute atomic E-state index is 12.9. The van der Waals surface area contributed by atoms with Crippen molar-refractivity contribution in [2.75, 3.05) is 5.75 Å². The summed E-state index contributed by atoms with van der Waals surface area (Å²) in [4.78, 5) is 12.0. The molecule has 1 aliphatic carbocycles. The van der Waals surface area contributed by atoms with Crippen LogP contribution in [0.3, 0.4) is 0 Å². The second kappa shape index (κ2) is 6.28. The molecule has 0 bridgehead atoms. The molecule has 1 saturated carbocycles. The Kier molecular flexibility index (Phi) is 4.35. The molecule has 0 saturated heterocycles. The Morgan fingerprint density at radius 1 is 0.826 bits per heavy atom. The smallest absolute Gasteiger partial charge is 0.179 e. The van der Waals surface area contributed by atoms with Crippen molar-refractivity contribution in [1.29, 1.82) is 0 Å². The lowest BCUT2D eigenvalue weighted by Crippen LogP contribution is -2.38. The molecule has 0 heterocycles. The van der Waals surface area contributed by atoms with Gasteiger partial charge >= 0.3 is 0 Å². The van der Waals surface area contributed by atoms with Crippen molar-refractivity contribution in [3.05, 3.63) is 66.2 Å². The first kappa shape index (κ1) is 15.9. The molecule has 2 aromatic carbocycles. The number of carbonyl (C=O) groups excluding carboxylic acids is 1. The van der Waals surface area contributed by atoms with Gasteiger partial charge in [0.15, 0.2) is 9.84 Å². The number of ketones is 1. The van der Waals surface area contributed by atoms with Crippen LogP contribution in [0.2, 0.25) is 0 Å². The monoisotopic (exact) mass is 328 g/mol. The fourth-order valence-corrected chi connectivity index (χ4v) is 5.31. The summed E-state index contributed by atoms with van der Waals surface area (Å²) in [5.74, 6) is 0.287. The Labute approximate surface area is 137 Å². The zero-order valence-corrected chi connectivity index (χ0v) is 13.8. The second-order valence-electron chi connectivity index (χ2n) is 6.26. The molecule has 0 radical (unpaired) electrons. The molecule has 120 valence electrons. The minimum atomic E-state index is -3.40. The van der Waals surface area contributed by atoms with Gasteiger partial charge in [0, 0.05) is 18.3 Å². The quantitative estimate of drug-likeness (QED) is 0.862. The number of rotatable bonds is 4. The summed E-state index contributed by atoms with van der Waals surface area (Å²) in [6, 6.07) is 18.3. The Bertz CT molecular complexity index is 770. The first-order valence-corrected chi connectivity index (χ1v) is 9.52. The maximum Gasteiger partial charge on any atom is 0.179 e. The van der Waals surface area contributed by atoms with Crippen LogP contribution in [0.5, 0.6) is 0 Å². The number of Topliss-reactive ketones (excluding diaryl/α,β-unsaturated/α-hetero) is 1. The molecule has 3 rings (SSSR count). The van der Waals surface area contributed by atoms with Crippen molar-refractivity contribution in [1.82, 2.24) is 0 Å². The Balaban J connectivity index is 1.99. The highest BCUT2D eigenvalue weighted by atomic mass is 32.2. The lowest BCUT2D eigenvalue weighted by Gasteiger charge is -2.37. The van der Waals surface area contributed by atoms with Crippen LogP contribution in [0.15, 0.2) is 65.6 Å². The molecule has 0 N–H and O–H groups in total. The fraction of sp³-hybridized carbons (Fsp3) is 0.316. The van der Waals surface area contributed by atoms with Gasteiger partial charge in [-0.25, -0.2) is 8.42 Å². The van der Waals surface area contributed by atoms with Gasteiger partial charge in [-0.05, 0) is 30.5 Å². The average molecular weight is 328 g/mol. The van der Waals surface area contributed by atoms with E-state index in [1.807, 2.05) is 36.4 Å². The minimum Gasteiger partial charge on any atom is -0.300 e. The molecule has 4 heteroatoms. The lowest BCUT2D eigenvalue weighted by molar-refractivity contribution is -0.121. The highest BCUT2D eigenvalue weighted by Crippen LogP contribution is 2.40. The minimum absolute atomic E-state index is 0.0569. The molecule has 2 aromatic rings. The highest BCUT2D eigenvalue weighted by molar-refractivity contribution is 7.91. The maximum atomic E-state index is 12.9. The summed E-state index contributed by atoms with van der Waals surface area (Å²) in [7, 11) is -3.40. The van der Waals surface area contributed by atoms with Gasteiger partial charge in [-0.2, -0.15) is 0 Å². The van der Waals surface area contributed by atoms with Gasteiger partial charge in [-0.1, -0.05) is 48.5 Å². The Morgan fingerprint density at radius 3 is 1.91 bits per heavy atom. The standard InChI is InChI=1S/C19H20O3S/c20-17-11-13-19(14-12-17,16-7-3-1-4-8-16)15-23(21,22)18-9-5-2-6-10-18/h1-10H,11-15H2. The molecule has 3 nitrogen and oxygen atoms in total. The van der Waals surface area contributed by atoms with Crippen LogP contribution in [0.25, 0.3) is 0 Å². The van der Waals surface area contributed by atoms with Gasteiger partial charge in [0.2, 0.25) is 0 Å². The number of sulfone groups is 1. The number of hydrogen-bond acceptors (Lipinski definition) is 3. The SMILES string of the molecule is O=C1CCC(CS(=O)(=O)c2ccccc2)(c2ccccc2)CC1. The van der Waals surface area contributed by atoms with E-state index in [9.17, 15) is 13.2 Å². The van der Waals surface area contributed by atoms with Gasteiger partial charge in [0.1, 0.15) is 5.78 Å². The van der Waals surface area contributed by atoms with E-state index in [0.717, 1.165) is 5.56 Å². The third kappa shape index (κ3) is 3.37. The molecule has 0 spiro atoms. The van der Waals surface area contributed by atoms with Crippen molar-refractivity contribution < 1.29 is 13.2 Å². The summed E-state index contributed by atoms with van der Waals surface area (Å²) >= 11 is 0. The molecule has 1 aliphatic rings. The zero-order valence-electron chi connectivity index (χ0n) is 12.9. The van der Waals surface area contributed by atoms with E-state index in [4.69, 9.17) is 0 Å². The molecule has 0 atom stereocenters. The van der Waals surface area contributed by atoms with Crippen molar-refractivity contribution in [3.63, 3.8) is 0 Å².